The molecular formula is C17H23N3. The summed E-state index contributed by atoms with van der Waals surface area (Å²) in [5.41, 5.74) is 12.9. The minimum atomic E-state index is 0.0372. The molecule has 1 aromatic heterocycles. The van der Waals surface area contributed by atoms with Gasteiger partial charge in [-0.05, 0) is 50.7 Å². The summed E-state index contributed by atoms with van der Waals surface area (Å²) in [7, 11) is 0. The number of aromatic nitrogens is 2. The van der Waals surface area contributed by atoms with E-state index in [4.69, 9.17) is 5.73 Å². The number of benzene rings is 1. The van der Waals surface area contributed by atoms with Crippen molar-refractivity contribution < 1.29 is 0 Å². The summed E-state index contributed by atoms with van der Waals surface area (Å²) < 4.78 is 2.26. The van der Waals surface area contributed by atoms with Crippen LogP contribution >= 0.6 is 0 Å². The summed E-state index contributed by atoms with van der Waals surface area (Å²) in [5.74, 6) is 0. The fourth-order valence-electron chi connectivity index (χ4n) is 3.16. The van der Waals surface area contributed by atoms with Gasteiger partial charge in [0.2, 0.25) is 0 Å². The average Bonchev–Trinajstić information content (AvgIpc) is 2.85. The quantitative estimate of drug-likeness (QED) is 0.930. The van der Waals surface area contributed by atoms with Gasteiger partial charge >= 0.3 is 0 Å². The number of fused-ring (bicyclic) bond motifs is 1. The largest absolute Gasteiger partial charge is 0.332 e. The smallest absolute Gasteiger partial charge is 0.0952 e. The third-order valence-electron chi connectivity index (χ3n) is 4.34. The Morgan fingerprint density at radius 3 is 2.90 bits per heavy atom. The van der Waals surface area contributed by atoms with Crippen molar-refractivity contribution in [1.29, 1.82) is 0 Å². The zero-order valence-electron chi connectivity index (χ0n) is 12.4. The first-order valence-electron chi connectivity index (χ1n) is 7.51. The number of aryl methyl sites for hydroxylation is 3. The van der Waals surface area contributed by atoms with E-state index < -0.39 is 0 Å². The first kappa shape index (κ1) is 13.4. The topological polar surface area (TPSA) is 43.8 Å². The van der Waals surface area contributed by atoms with Gasteiger partial charge in [-0.15, -0.1) is 0 Å². The van der Waals surface area contributed by atoms with Gasteiger partial charge in [-0.3, -0.25) is 0 Å². The van der Waals surface area contributed by atoms with E-state index in [2.05, 4.69) is 41.6 Å². The van der Waals surface area contributed by atoms with Crippen molar-refractivity contribution in [1.82, 2.24) is 9.55 Å². The lowest BCUT2D eigenvalue weighted by Gasteiger charge is -2.19. The van der Waals surface area contributed by atoms with Crippen molar-refractivity contribution in [2.45, 2.75) is 52.1 Å². The molecule has 0 radical (unpaired) electrons. The van der Waals surface area contributed by atoms with Crippen LogP contribution in [-0.4, -0.2) is 9.55 Å². The van der Waals surface area contributed by atoms with Gasteiger partial charge in [0, 0.05) is 18.3 Å². The van der Waals surface area contributed by atoms with Crippen LogP contribution in [0.1, 0.15) is 47.0 Å². The Hall–Kier alpha value is -1.61. The Morgan fingerprint density at radius 1 is 1.25 bits per heavy atom. The van der Waals surface area contributed by atoms with E-state index in [1.807, 2.05) is 6.33 Å². The maximum absolute atomic E-state index is 6.44. The zero-order valence-corrected chi connectivity index (χ0v) is 12.4. The number of nitrogens with zero attached hydrogens (tertiary/aromatic N) is 2. The first-order chi connectivity index (χ1) is 9.65. The Balaban J connectivity index is 1.84. The maximum Gasteiger partial charge on any atom is 0.0952 e. The van der Waals surface area contributed by atoms with Gasteiger partial charge in [0.25, 0.3) is 0 Å². The Bertz CT molecular complexity index is 613. The average molecular weight is 269 g/mol. The maximum atomic E-state index is 6.44. The van der Waals surface area contributed by atoms with E-state index in [1.54, 1.807) is 0 Å². The molecule has 1 unspecified atom stereocenters. The molecule has 20 heavy (non-hydrogen) atoms. The Labute approximate surface area is 120 Å². The molecule has 1 atom stereocenters. The van der Waals surface area contributed by atoms with E-state index in [1.165, 1.54) is 40.9 Å². The van der Waals surface area contributed by atoms with Crippen LogP contribution in [0.2, 0.25) is 0 Å². The van der Waals surface area contributed by atoms with Crippen molar-refractivity contribution in [3.63, 3.8) is 0 Å². The fraction of sp³-hybridized carbons (Fsp3) is 0.471. The SMILES string of the molecule is Cc1ccc(C)c(C(N)Cn2cnc3c2CCCC3)c1. The van der Waals surface area contributed by atoms with Gasteiger partial charge in [-0.1, -0.05) is 23.8 Å². The van der Waals surface area contributed by atoms with Crippen LogP contribution in [0.25, 0.3) is 0 Å². The monoisotopic (exact) mass is 269 g/mol. The molecule has 1 aromatic carbocycles. The normalized spacial score (nSPS) is 15.9. The lowest BCUT2D eigenvalue weighted by Crippen LogP contribution is -2.20. The molecular weight excluding hydrogens is 246 g/mol. The molecule has 106 valence electrons. The van der Waals surface area contributed by atoms with Crippen LogP contribution in [0.4, 0.5) is 0 Å². The molecule has 1 aliphatic carbocycles. The highest BCUT2D eigenvalue weighted by molar-refractivity contribution is 5.33. The molecule has 0 amide bonds. The highest BCUT2D eigenvalue weighted by atomic mass is 15.1. The van der Waals surface area contributed by atoms with Gasteiger partial charge in [0.1, 0.15) is 0 Å². The number of nitrogens with two attached hydrogens (primary N) is 1. The molecule has 0 spiro atoms. The molecule has 0 aliphatic heterocycles. The molecule has 3 heteroatoms. The Morgan fingerprint density at radius 2 is 2.05 bits per heavy atom. The van der Waals surface area contributed by atoms with Gasteiger partial charge < -0.3 is 10.3 Å². The minimum absolute atomic E-state index is 0.0372. The summed E-state index contributed by atoms with van der Waals surface area (Å²) >= 11 is 0. The zero-order chi connectivity index (χ0) is 14.1. The second-order valence-corrected chi connectivity index (χ2v) is 5.96. The highest BCUT2D eigenvalue weighted by Crippen LogP contribution is 2.23. The molecule has 0 saturated carbocycles. The molecule has 2 N–H and O–H groups in total. The second-order valence-electron chi connectivity index (χ2n) is 5.96. The van der Waals surface area contributed by atoms with Crippen molar-refractivity contribution in [3.05, 3.63) is 52.6 Å². The van der Waals surface area contributed by atoms with Gasteiger partial charge in [0.05, 0.1) is 12.0 Å². The van der Waals surface area contributed by atoms with Crippen molar-refractivity contribution in [2.24, 2.45) is 5.73 Å². The predicted molar refractivity (Wildman–Crippen MR) is 81.7 cm³/mol. The summed E-state index contributed by atoms with van der Waals surface area (Å²) in [6, 6.07) is 6.55. The van der Waals surface area contributed by atoms with E-state index in [0.717, 1.165) is 19.4 Å². The van der Waals surface area contributed by atoms with Gasteiger partial charge in [-0.25, -0.2) is 4.98 Å². The van der Waals surface area contributed by atoms with Crippen LogP contribution in [0.3, 0.4) is 0 Å². The van der Waals surface area contributed by atoms with Crippen LogP contribution < -0.4 is 5.73 Å². The third-order valence-corrected chi connectivity index (χ3v) is 4.34. The van der Waals surface area contributed by atoms with Crippen molar-refractivity contribution >= 4 is 0 Å². The molecule has 0 fully saturated rings. The lowest BCUT2D eigenvalue weighted by molar-refractivity contribution is 0.539. The lowest BCUT2D eigenvalue weighted by atomic mass is 9.98. The van der Waals surface area contributed by atoms with Crippen LogP contribution in [0.15, 0.2) is 24.5 Å². The molecule has 1 heterocycles. The summed E-state index contributed by atoms with van der Waals surface area (Å²) in [5, 5.41) is 0. The molecule has 3 rings (SSSR count). The number of rotatable bonds is 3. The van der Waals surface area contributed by atoms with Crippen molar-refractivity contribution in [3.8, 4) is 0 Å². The summed E-state index contributed by atoms with van der Waals surface area (Å²) in [6.07, 6.45) is 6.79. The first-order valence-corrected chi connectivity index (χ1v) is 7.51. The van der Waals surface area contributed by atoms with Crippen molar-refractivity contribution in [2.75, 3.05) is 0 Å². The van der Waals surface area contributed by atoms with E-state index in [-0.39, 0.29) is 6.04 Å². The number of hydrogen-bond donors (Lipinski definition) is 1. The summed E-state index contributed by atoms with van der Waals surface area (Å²) in [4.78, 5) is 4.55. The van der Waals surface area contributed by atoms with Crippen LogP contribution in [0, 0.1) is 13.8 Å². The number of imidazole rings is 1. The van der Waals surface area contributed by atoms with Gasteiger partial charge in [-0.2, -0.15) is 0 Å². The van der Waals surface area contributed by atoms with Crippen LogP contribution in [-0.2, 0) is 19.4 Å². The molecule has 0 bridgehead atoms. The van der Waals surface area contributed by atoms with E-state index in [0.29, 0.717) is 0 Å². The van der Waals surface area contributed by atoms with E-state index >= 15 is 0 Å². The third kappa shape index (κ3) is 2.50. The van der Waals surface area contributed by atoms with Gasteiger partial charge in [0.15, 0.2) is 0 Å². The van der Waals surface area contributed by atoms with Crippen LogP contribution in [0.5, 0.6) is 0 Å². The predicted octanol–water partition coefficient (Wildman–Crippen LogP) is 3.08. The van der Waals surface area contributed by atoms with E-state index in [9.17, 15) is 0 Å². The molecule has 1 aliphatic rings. The highest BCUT2D eigenvalue weighted by Gasteiger charge is 2.17. The second kappa shape index (κ2) is 5.41. The fourth-order valence-corrected chi connectivity index (χ4v) is 3.16. The minimum Gasteiger partial charge on any atom is -0.332 e. The molecule has 2 aromatic rings. The summed E-state index contributed by atoms with van der Waals surface area (Å²) in [6.45, 7) is 5.08. The molecule has 0 saturated heterocycles. The number of hydrogen-bond acceptors (Lipinski definition) is 2. The Kier molecular flexibility index (Phi) is 3.62. The molecule has 3 nitrogen and oxygen atoms in total. The standard InChI is InChI=1S/C17H23N3/c1-12-7-8-13(2)14(9-12)15(18)10-20-11-19-16-5-3-4-6-17(16)20/h7-9,11,15H,3-6,10,18H2,1-2H3.